The van der Waals surface area contributed by atoms with E-state index in [1.54, 1.807) is 41.9 Å². The van der Waals surface area contributed by atoms with Crippen molar-refractivity contribution in [1.82, 2.24) is 4.98 Å². The van der Waals surface area contributed by atoms with Crippen LogP contribution in [0, 0.1) is 0 Å². The number of ketones is 1. The smallest absolute Gasteiger partial charge is 0.187 e. The lowest BCUT2D eigenvalue weighted by molar-refractivity contribution is 0.104. The molecule has 2 nitrogen and oxygen atoms in total. The highest BCUT2D eigenvalue weighted by molar-refractivity contribution is 7.11. The number of aromatic nitrogens is 1. The molecule has 0 saturated heterocycles. The van der Waals surface area contributed by atoms with Crippen molar-refractivity contribution in [2.45, 2.75) is 0 Å². The molecule has 0 aliphatic rings. The van der Waals surface area contributed by atoms with E-state index in [4.69, 9.17) is 0 Å². The number of hydrogen-bond acceptors (Lipinski definition) is 3. The highest BCUT2D eigenvalue weighted by atomic mass is 35.5. The molecule has 0 saturated carbocycles. The Bertz CT molecular complexity index is 766. The minimum Gasteiger partial charge on any atom is -0.289 e. The second-order valence-corrected chi connectivity index (χ2v) is 5.49. The highest BCUT2D eigenvalue weighted by Crippen LogP contribution is 2.26. The van der Waals surface area contributed by atoms with Crippen molar-refractivity contribution in [2.75, 3.05) is 0 Å². The molecular formula is C18H14ClNOS. The molecule has 0 bridgehead atoms. The lowest BCUT2D eigenvalue weighted by Gasteiger charge is -1.94. The largest absolute Gasteiger partial charge is 0.289 e. The van der Waals surface area contributed by atoms with Gasteiger partial charge in [-0.15, -0.1) is 23.7 Å². The molecule has 0 radical (unpaired) electrons. The number of rotatable bonds is 4. The van der Waals surface area contributed by atoms with Crippen LogP contribution in [0.15, 0.2) is 72.4 Å². The number of benzene rings is 1. The predicted molar refractivity (Wildman–Crippen MR) is 94.6 cm³/mol. The van der Waals surface area contributed by atoms with Crippen molar-refractivity contribution in [2.24, 2.45) is 0 Å². The Kier molecular flexibility index (Phi) is 5.64. The fraction of sp³-hybridized carbons (Fsp3) is 0. The SMILES string of the molecule is Cl.O=C(/C=C/c1cc(-c2ccccc2)cs1)c1cccnc1. The van der Waals surface area contributed by atoms with Gasteiger partial charge >= 0.3 is 0 Å². The summed E-state index contributed by atoms with van der Waals surface area (Å²) in [7, 11) is 0. The predicted octanol–water partition coefficient (Wildman–Crippen LogP) is 5.13. The summed E-state index contributed by atoms with van der Waals surface area (Å²) in [4.78, 5) is 17.0. The Morgan fingerprint density at radius 1 is 1.05 bits per heavy atom. The standard InChI is InChI=1S/C18H13NOS.ClH/c20-18(15-7-4-10-19-12-15)9-8-17-11-16(13-21-17)14-5-2-1-3-6-14;/h1-13H;1H/b9-8+;. The van der Waals surface area contributed by atoms with Crippen LogP contribution in [0.4, 0.5) is 0 Å². The van der Waals surface area contributed by atoms with E-state index in [-0.39, 0.29) is 18.2 Å². The highest BCUT2D eigenvalue weighted by Gasteiger charge is 2.02. The van der Waals surface area contributed by atoms with E-state index < -0.39 is 0 Å². The number of hydrogen-bond donors (Lipinski definition) is 0. The Hall–Kier alpha value is -2.23. The minimum absolute atomic E-state index is 0. The van der Waals surface area contributed by atoms with Crippen LogP contribution in [0.1, 0.15) is 15.2 Å². The third-order valence-corrected chi connectivity index (χ3v) is 3.97. The van der Waals surface area contributed by atoms with Gasteiger partial charge < -0.3 is 0 Å². The van der Waals surface area contributed by atoms with E-state index in [9.17, 15) is 4.79 Å². The second-order valence-electron chi connectivity index (χ2n) is 4.54. The molecule has 0 unspecified atom stereocenters. The van der Waals surface area contributed by atoms with Crippen LogP contribution in [0.25, 0.3) is 17.2 Å². The Morgan fingerprint density at radius 2 is 1.86 bits per heavy atom. The lowest BCUT2D eigenvalue weighted by Crippen LogP contribution is -1.93. The van der Waals surface area contributed by atoms with Gasteiger partial charge in [-0.05, 0) is 46.9 Å². The fourth-order valence-corrected chi connectivity index (χ4v) is 2.79. The van der Waals surface area contributed by atoms with Crippen LogP contribution in [0.2, 0.25) is 0 Å². The van der Waals surface area contributed by atoms with E-state index >= 15 is 0 Å². The average molecular weight is 328 g/mol. The maximum atomic E-state index is 12.0. The minimum atomic E-state index is -0.0299. The molecule has 0 N–H and O–H groups in total. The van der Waals surface area contributed by atoms with Crippen molar-refractivity contribution in [3.8, 4) is 11.1 Å². The Balaban J connectivity index is 0.00000176. The first-order valence-corrected chi connectivity index (χ1v) is 7.47. The molecular weight excluding hydrogens is 314 g/mol. The van der Waals surface area contributed by atoms with Crippen LogP contribution in [-0.4, -0.2) is 10.8 Å². The van der Waals surface area contributed by atoms with Crippen LogP contribution in [0.3, 0.4) is 0 Å². The number of carbonyl (C=O) groups excluding carboxylic acids is 1. The molecule has 0 spiro atoms. The van der Waals surface area contributed by atoms with Crippen LogP contribution >= 0.6 is 23.7 Å². The topological polar surface area (TPSA) is 30.0 Å². The maximum Gasteiger partial charge on any atom is 0.187 e. The number of nitrogens with zero attached hydrogens (tertiary/aromatic N) is 1. The van der Waals surface area contributed by atoms with Gasteiger partial charge in [0.2, 0.25) is 0 Å². The molecule has 0 fully saturated rings. The molecule has 2 aromatic heterocycles. The number of pyridine rings is 1. The molecule has 0 amide bonds. The molecule has 3 rings (SSSR count). The fourth-order valence-electron chi connectivity index (χ4n) is 1.98. The zero-order valence-corrected chi connectivity index (χ0v) is 13.3. The summed E-state index contributed by atoms with van der Waals surface area (Å²) in [5.74, 6) is -0.0299. The molecule has 3 aromatic rings. The molecule has 4 heteroatoms. The van der Waals surface area contributed by atoms with Gasteiger partial charge in [0.25, 0.3) is 0 Å². The van der Waals surface area contributed by atoms with Gasteiger partial charge in [0.1, 0.15) is 0 Å². The van der Waals surface area contributed by atoms with Crippen LogP contribution in [-0.2, 0) is 0 Å². The number of halogens is 1. The summed E-state index contributed by atoms with van der Waals surface area (Å²) in [5.41, 5.74) is 2.97. The van der Waals surface area contributed by atoms with Crippen LogP contribution < -0.4 is 0 Å². The van der Waals surface area contributed by atoms with E-state index in [1.807, 2.05) is 24.3 Å². The zero-order chi connectivity index (χ0) is 14.5. The molecule has 2 heterocycles. The van der Waals surface area contributed by atoms with Gasteiger partial charge in [-0.25, -0.2) is 0 Å². The summed E-state index contributed by atoms with van der Waals surface area (Å²) in [5, 5.41) is 2.10. The van der Waals surface area contributed by atoms with Crippen molar-refractivity contribution in [3.63, 3.8) is 0 Å². The molecule has 110 valence electrons. The third kappa shape index (κ3) is 3.91. The van der Waals surface area contributed by atoms with E-state index in [2.05, 4.69) is 28.6 Å². The molecule has 1 aromatic carbocycles. The van der Waals surface area contributed by atoms with Crippen molar-refractivity contribution in [1.29, 1.82) is 0 Å². The summed E-state index contributed by atoms with van der Waals surface area (Å²) in [6.45, 7) is 0. The number of allylic oxidation sites excluding steroid dienone is 1. The summed E-state index contributed by atoms with van der Waals surface area (Å²) in [6.07, 6.45) is 6.69. The van der Waals surface area contributed by atoms with Gasteiger partial charge in [0, 0.05) is 22.8 Å². The molecule has 0 aliphatic heterocycles. The Labute approximate surface area is 139 Å². The van der Waals surface area contributed by atoms with Gasteiger partial charge in [0.15, 0.2) is 5.78 Å². The summed E-state index contributed by atoms with van der Waals surface area (Å²) >= 11 is 1.63. The van der Waals surface area contributed by atoms with E-state index in [1.165, 1.54) is 11.1 Å². The van der Waals surface area contributed by atoms with Crippen molar-refractivity contribution < 1.29 is 4.79 Å². The third-order valence-electron chi connectivity index (χ3n) is 3.07. The lowest BCUT2D eigenvalue weighted by atomic mass is 10.1. The molecule has 0 aliphatic carbocycles. The average Bonchev–Trinajstić information content (AvgIpc) is 3.03. The normalized spacial score (nSPS) is 10.4. The van der Waals surface area contributed by atoms with Crippen molar-refractivity contribution >= 4 is 35.6 Å². The second kappa shape index (κ2) is 7.69. The monoisotopic (exact) mass is 327 g/mol. The van der Waals surface area contributed by atoms with Gasteiger partial charge in [-0.2, -0.15) is 0 Å². The quantitative estimate of drug-likeness (QED) is 0.491. The van der Waals surface area contributed by atoms with Crippen molar-refractivity contribution in [3.05, 3.63) is 82.8 Å². The number of carbonyl (C=O) groups is 1. The van der Waals surface area contributed by atoms with E-state index in [0.29, 0.717) is 5.56 Å². The first-order chi connectivity index (χ1) is 10.3. The van der Waals surface area contributed by atoms with Gasteiger partial charge in [0.05, 0.1) is 0 Å². The Morgan fingerprint density at radius 3 is 2.59 bits per heavy atom. The van der Waals surface area contributed by atoms with E-state index in [0.717, 1.165) is 4.88 Å². The maximum absolute atomic E-state index is 12.0. The van der Waals surface area contributed by atoms with Gasteiger partial charge in [-0.1, -0.05) is 30.3 Å². The van der Waals surface area contributed by atoms with Gasteiger partial charge in [-0.3, -0.25) is 9.78 Å². The van der Waals surface area contributed by atoms with Crippen LogP contribution in [0.5, 0.6) is 0 Å². The summed E-state index contributed by atoms with van der Waals surface area (Å²) < 4.78 is 0. The summed E-state index contributed by atoms with van der Waals surface area (Å²) in [6, 6.07) is 15.8. The number of thiophene rings is 1. The molecule has 0 atom stereocenters. The zero-order valence-electron chi connectivity index (χ0n) is 11.7. The first-order valence-electron chi connectivity index (χ1n) is 6.59. The first kappa shape index (κ1) is 16.1. The molecule has 22 heavy (non-hydrogen) atoms.